The molecule has 2 N–H and O–H groups in total. The minimum Gasteiger partial charge on any atom is -0.462 e. The predicted molar refractivity (Wildman–Crippen MR) is 103 cm³/mol. The molecule has 1 aliphatic heterocycles. The minimum atomic E-state index is -2.17. The second-order valence-corrected chi connectivity index (χ2v) is 8.03. The minimum absolute atomic E-state index is 0.000493. The number of H-pyrrole nitrogens is 1. The Bertz CT molecular complexity index is 806. The van der Waals surface area contributed by atoms with Crippen LogP contribution >= 0.6 is 8.18 Å². The smallest absolute Gasteiger partial charge is 0.462 e. The third-order valence-corrected chi connectivity index (χ3v) is 5.44. The molecule has 0 radical (unpaired) electrons. The highest BCUT2D eigenvalue weighted by atomic mass is 31.1. The average Bonchev–Trinajstić information content (AvgIpc) is 3.25. The van der Waals surface area contributed by atoms with Gasteiger partial charge in [-0.3, -0.25) is 4.79 Å². The van der Waals surface area contributed by atoms with Gasteiger partial charge in [0, 0.05) is 22.7 Å². The zero-order valence-corrected chi connectivity index (χ0v) is 16.7. The van der Waals surface area contributed by atoms with Gasteiger partial charge in [-0.15, -0.1) is 4.52 Å². The van der Waals surface area contributed by atoms with Crippen LogP contribution in [0, 0.1) is 0 Å². The van der Waals surface area contributed by atoms with E-state index in [-0.39, 0.29) is 24.9 Å². The largest absolute Gasteiger partial charge is 0.613 e. The summed E-state index contributed by atoms with van der Waals surface area (Å²) in [6, 6.07) is 7.43. The Morgan fingerprint density at radius 2 is 2.11 bits per heavy atom. The van der Waals surface area contributed by atoms with Crippen molar-refractivity contribution < 1.29 is 23.4 Å². The van der Waals surface area contributed by atoms with Crippen molar-refractivity contribution in [1.82, 2.24) is 10.1 Å². The zero-order valence-electron chi connectivity index (χ0n) is 15.8. The van der Waals surface area contributed by atoms with Gasteiger partial charge in [-0.1, -0.05) is 23.3 Å². The van der Waals surface area contributed by atoms with Crippen LogP contribution < -0.4 is 5.09 Å². The van der Waals surface area contributed by atoms with E-state index in [0.717, 1.165) is 29.3 Å². The number of carbonyl (C=O) groups excluding carboxylic acids is 1. The lowest BCUT2D eigenvalue weighted by Gasteiger charge is -2.12. The fraction of sp³-hybridized carbons (Fsp3) is 0.526. The molecule has 2 heterocycles. The number of para-hydroxylation sites is 1. The molecular weight excluding hydrogens is 367 g/mol. The van der Waals surface area contributed by atoms with E-state index in [1.54, 1.807) is 20.8 Å². The van der Waals surface area contributed by atoms with Crippen LogP contribution in [0.1, 0.15) is 45.3 Å². The molecule has 27 heavy (non-hydrogen) atoms. The van der Waals surface area contributed by atoms with Crippen molar-refractivity contribution in [1.29, 1.82) is 0 Å². The Labute approximate surface area is 159 Å². The molecule has 0 amide bonds. The second kappa shape index (κ2) is 8.93. The van der Waals surface area contributed by atoms with E-state index >= 15 is 0 Å². The third-order valence-electron chi connectivity index (χ3n) is 4.46. The molecule has 0 aliphatic carbocycles. The maximum atomic E-state index is 12.0. The molecule has 0 saturated carbocycles. The lowest BCUT2D eigenvalue weighted by Crippen LogP contribution is -2.33. The highest BCUT2D eigenvalue weighted by Gasteiger charge is 2.33. The summed E-state index contributed by atoms with van der Waals surface area (Å²) in [7, 11) is -2.17. The maximum absolute atomic E-state index is 12.0. The highest BCUT2D eigenvalue weighted by molar-refractivity contribution is 7.36. The van der Waals surface area contributed by atoms with Crippen LogP contribution in [0.2, 0.25) is 0 Å². The van der Waals surface area contributed by atoms with E-state index < -0.39 is 20.2 Å². The first kappa shape index (κ1) is 20.0. The monoisotopic (exact) mass is 393 g/mol. The number of carbonyl (C=O) groups is 1. The average molecular weight is 393 g/mol. The Kier molecular flexibility index (Phi) is 6.60. The van der Waals surface area contributed by atoms with Crippen LogP contribution in [0.25, 0.3) is 10.9 Å². The summed E-state index contributed by atoms with van der Waals surface area (Å²) in [4.78, 5) is 15.0. The van der Waals surface area contributed by atoms with E-state index in [0.29, 0.717) is 0 Å². The lowest BCUT2D eigenvalue weighted by atomic mass is 10.1. The number of ether oxygens (including phenoxy) is 2. The summed E-state index contributed by atoms with van der Waals surface area (Å²) in [6.45, 7) is 5.35. The van der Waals surface area contributed by atoms with Gasteiger partial charge in [-0.2, -0.15) is 0 Å². The number of nitrogens with one attached hydrogen (secondary N) is 2. The first-order valence-electron chi connectivity index (χ1n) is 9.22. The lowest BCUT2D eigenvalue weighted by molar-refractivity contribution is -0.149. The molecule has 1 fully saturated rings. The van der Waals surface area contributed by atoms with Gasteiger partial charge in [0.25, 0.3) is 0 Å². The first-order valence-corrected chi connectivity index (χ1v) is 10.4. The van der Waals surface area contributed by atoms with E-state index in [1.807, 2.05) is 24.4 Å². The van der Waals surface area contributed by atoms with Crippen molar-refractivity contribution >= 4 is 25.1 Å². The molecule has 4 atom stereocenters. The fourth-order valence-corrected chi connectivity index (χ4v) is 3.95. The molecule has 1 aliphatic rings. The molecule has 1 aromatic carbocycles. The van der Waals surface area contributed by atoms with Gasteiger partial charge in [-0.25, -0.2) is 0 Å². The number of esters is 1. The van der Waals surface area contributed by atoms with Gasteiger partial charge in [0.2, 0.25) is 0 Å². The molecule has 1 aromatic heterocycles. The summed E-state index contributed by atoms with van der Waals surface area (Å²) in [5, 5.41) is 3.79. The quantitative estimate of drug-likeness (QED) is 0.521. The van der Waals surface area contributed by atoms with Crippen molar-refractivity contribution in [3.63, 3.8) is 0 Å². The molecule has 7 nitrogen and oxygen atoms in total. The summed E-state index contributed by atoms with van der Waals surface area (Å²) < 4.78 is 28.5. The van der Waals surface area contributed by atoms with E-state index in [9.17, 15) is 9.36 Å². The van der Waals surface area contributed by atoms with Crippen molar-refractivity contribution in [2.24, 2.45) is 0 Å². The summed E-state index contributed by atoms with van der Waals surface area (Å²) >= 11 is 0. The Balaban J connectivity index is 1.46. The normalized spacial score (nSPS) is 21.6. The molecule has 2 aromatic rings. The molecule has 8 heteroatoms. The molecule has 0 spiro atoms. The van der Waals surface area contributed by atoms with Gasteiger partial charge >= 0.3 is 14.1 Å². The van der Waals surface area contributed by atoms with Gasteiger partial charge in [0.05, 0.1) is 18.3 Å². The van der Waals surface area contributed by atoms with Crippen LogP contribution in [0.4, 0.5) is 0 Å². The molecule has 3 rings (SSSR count). The number of benzene rings is 1. The second-order valence-electron chi connectivity index (χ2n) is 7.00. The van der Waals surface area contributed by atoms with Crippen molar-refractivity contribution in [3.05, 3.63) is 36.0 Å². The number of hydrogen-bond donors (Lipinski definition) is 2. The van der Waals surface area contributed by atoms with Crippen LogP contribution in [-0.4, -0.2) is 35.8 Å². The third kappa shape index (κ3) is 5.14. The zero-order chi connectivity index (χ0) is 19.4. The van der Waals surface area contributed by atoms with E-state index in [1.165, 1.54) is 0 Å². The summed E-state index contributed by atoms with van der Waals surface area (Å²) in [5.74, 6) is -0.450. The summed E-state index contributed by atoms with van der Waals surface area (Å²) in [5.41, 5.74) is 2.23. The van der Waals surface area contributed by atoms with Gasteiger partial charge in [-0.05, 0) is 44.2 Å². The standard InChI is InChI=1S/C19H26N2O5P/c1-12(2)25-19(22)13(3)21-27(23)24-11-14-8-9-18(26-14)16-10-20-17-7-5-4-6-15(16)17/h4-7,10,12-14,18,20H,8-9,11H2,1-3H3,(H,21,23)/q+1/t13-,14?,18?/m1/s1. The number of hydrogen-bond acceptors (Lipinski definition) is 5. The van der Waals surface area contributed by atoms with Crippen molar-refractivity contribution in [2.75, 3.05) is 6.61 Å². The van der Waals surface area contributed by atoms with Crippen LogP contribution in [-0.2, 0) is 23.4 Å². The summed E-state index contributed by atoms with van der Waals surface area (Å²) in [6.07, 6.45) is 3.37. The van der Waals surface area contributed by atoms with Gasteiger partial charge < -0.3 is 14.5 Å². The molecular formula is C19H26N2O5P+. The Hall–Kier alpha value is -1.79. The van der Waals surface area contributed by atoms with Crippen LogP contribution in [0.5, 0.6) is 0 Å². The van der Waals surface area contributed by atoms with Gasteiger partial charge in [0.15, 0.2) is 0 Å². The number of aromatic nitrogens is 1. The Morgan fingerprint density at radius 1 is 1.33 bits per heavy atom. The van der Waals surface area contributed by atoms with E-state index in [2.05, 4.69) is 16.1 Å². The van der Waals surface area contributed by atoms with Crippen molar-refractivity contribution in [2.45, 2.75) is 58.0 Å². The molecule has 146 valence electrons. The number of fused-ring (bicyclic) bond motifs is 1. The fourth-order valence-electron chi connectivity index (χ4n) is 3.15. The Morgan fingerprint density at radius 3 is 2.89 bits per heavy atom. The van der Waals surface area contributed by atoms with Crippen LogP contribution in [0.15, 0.2) is 30.5 Å². The first-order chi connectivity index (χ1) is 12.9. The number of aromatic amines is 1. The highest BCUT2D eigenvalue weighted by Crippen LogP contribution is 2.37. The molecule has 0 bridgehead atoms. The SMILES string of the molecule is CC(C)OC(=O)[C@@H](C)N[P+](=O)OCC1CCC(c2c[nH]c3ccccc23)O1. The predicted octanol–water partition coefficient (Wildman–Crippen LogP) is 3.99. The van der Waals surface area contributed by atoms with E-state index in [4.69, 9.17) is 14.0 Å². The van der Waals surface area contributed by atoms with Crippen molar-refractivity contribution in [3.8, 4) is 0 Å². The topological polar surface area (TPSA) is 89.6 Å². The molecule has 1 saturated heterocycles. The van der Waals surface area contributed by atoms with Crippen LogP contribution in [0.3, 0.4) is 0 Å². The number of rotatable bonds is 8. The maximum Gasteiger partial charge on any atom is 0.613 e. The molecule has 3 unspecified atom stereocenters. The van der Waals surface area contributed by atoms with Gasteiger partial charge in [0.1, 0.15) is 12.6 Å².